The van der Waals surface area contributed by atoms with Crippen LogP contribution in [0.5, 0.6) is 0 Å². The summed E-state index contributed by atoms with van der Waals surface area (Å²) in [5, 5.41) is 13.5. The van der Waals surface area contributed by atoms with Crippen molar-refractivity contribution in [2.45, 2.75) is 25.3 Å². The molecule has 0 radical (unpaired) electrons. The van der Waals surface area contributed by atoms with Crippen molar-refractivity contribution in [3.8, 4) is 0 Å². The number of aromatic carboxylic acids is 1. The summed E-state index contributed by atoms with van der Waals surface area (Å²) >= 11 is 3.51. The Morgan fingerprint density at radius 3 is 2.79 bits per heavy atom. The van der Waals surface area contributed by atoms with E-state index in [9.17, 15) is 9.90 Å². The van der Waals surface area contributed by atoms with Gasteiger partial charge in [-0.3, -0.25) is 4.68 Å². The lowest BCUT2D eigenvalue weighted by Gasteiger charge is -2.09. The van der Waals surface area contributed by atoms with E-state index in [0.29, 0.717) is 18.0 Å². The average molecular weight is 321 g/mol. The van der Waals surface area contributed by atoms with Crippen molar-refractivity contribution >= 4 is 21.9 Å². The van der Waals surface area contributed by atoms with Crippen LogP contribution in [0.4, 0.5) is 0 Å². The van der Waals surface area contributed by atoms with Gasteiger partial charge in [0.25, 0.3) is 0 Å². The standard InChI is InChI=1S/C14H13BrN2O2/c15-12-4-2-1-3-10(12)8-17-13(9-5-6-9)11(7-16-17)14(18)19/h1-4,7,9H,5-6,8H2,(H,18,19). The number of hydrogen-bond acceptors (Lipinski definition) is 2. The van der Waals surface area contributed by atoms with Crippen molar-refractivity contribution in [3.63, 3.8) is 0 Å². The first-order chi connectivity index (χ1) is 9.16. The molecule has 1 aromatic carbocycles. The number of carboxylic acid groups (broad SMARTS) is 1. The maximum absolute atomic E-state index is 11.2. The van der Waals surface area contributed by atoms with Gasteiger partial charge < -0.3 is 5.11 Å². The monoisotopic (exact) mass is 320 g/mol. The van der Waals surface area contributed by atoms with E-state index in [1.165, 1.54) is 6.20 Å². The molecule has 2 aromatic rings. The van der Waals surface area contributed by atoms with Crippen LogP contribution in [0.25, 0.3) is 0 Å². The first-order valence-electron chi connectivity index (χ1n) is 6.19. The molecule has 3 rings (SSSR count). The summed E-state index contributed by atoms with van der Waals surface area (Å²) in [5.74, 6) is -0.531. The lowest BCUT2D eigenvalue weighted by Crippen LogP contribution is -2.08. The minimum absolute atomic E-state index is 0.342. The fraction of sp³-hybridized carbons (Fsp3) is 0.286. The van der Waals surface area contributed by atoms with Gasteiger partial charge in [-0.1, -0.05) is 34.1 Å². The molecule has 4 nitrogen and oxygen atoms in total. The predicted octanol–water partition coefficient (Wildman–Crippen LogP) is 3.27. The maximum atomic E-state index is 11.2. The molecule has 1 aromatic heterocycles. The van der Waals surface area contributed by atoms with Gasteiger partial charge in [0.1, 0.15) is 5.56 Å². The van der Waals surface area contributed by atoms with Gasteiger partial charge in [0.05, 0.1) is 18.4 Å². The number of rotatable bonds is 4. The molecule has 1 saturated carbocycles. The summed E-state index contributed by atoms with van der Waals surface area (Å²) in [5.41, 5.74) is 2.31. The Balaban J connectivity index is 1.97. The van der Waals surface area contributed by atoms with Crippen LogP contribution < -0.4 is 0 Å². The Bertz CT molecular complexity index is 632. The SMILES string of the molecule is O=C(O)c1cnn(Cc2ccccc2Br)c1C1CC1. The Hall–Kier alpha value is -1.62. The first kappa shape index (κ1) is 12.4. The predicted molar refractivity (Wildman–Crippen MR) is 74.4 cm³/mol. The Kier molecular flexibility index (Phi) is 3.14. The molecule has 0 bridgehead atoms. The van der Waals surface area contributed by atoms with Crippen LogP contribution in [0.1, 0.15) is 40.4 Å². The molecule has 0 aliphatic heterocycles. The van der Waals surface area contributed by atoms with Crippen LogP contribution in [-0.2, 0) is 6.54 Å². The van der Waals surface area contributed by atoms with E-state index in [-0.39, 0.29) is 0 Å². The molecule has 0 saturated heterocycles. The Morgan fingerprint density at radius 1 is 1.42 bits per heavy atom. The van der Waals surface area contributed by atoms with Crippen molar-refractivity contribution in [2.75, 3.05) is 0 Å². The smallest absolute Gasteiger partial charge is 0.339 e. The summed E-state index contributed by atoms with van der Waals surface area (Å²) < 4.78 is 2.84. The van der Waals surface area contributed by atoms with Crippen LogP contribution in [-0.4, -0.2) is 20.9 Å². The summed E-state index contributed by atoms with van der Waals surface area (Å²) in [6.45, 7) is 0.598. The number of hydrogen-bond donors (Lipinski definition) is 1. The van der Waals surface area contributed by atoms with Crippen LogP contribution in [0, 0.1) is 0 Å². The molecule has 0 amide bonds. The van der Waals surface area contributed by atoms with E-state index in [2.05, 4.69) is 21.0 Å². The van der Waals surface area contributed by atoms with Gasteiger partial charge >= 0.3 is 5.97 Å². The number of nitrogens with zero attached hydrogens (tertiary/aromatic N) is 2. The van der Waals surface area contributed by atoms with Crippen LogP contribution in [0.3, 0.4) is 0 Å². The van der Waals surface area contributed by atoms with Gasteiger partial charge in [0.15, 0.2) is 0 Å². The zero-order chi connectivity index (χ0) is 13.4. The molecule has 1 aliphatic rings. The second-order valence-electron chi connectivity index (χ2n) is 4.77. The van der Waals surface area contributed by atoms with Gasteiger partial charge in [-0.15, -0.1) is 0 Å². The number of aromatic nitrogens is 2. The van der Waals surface area contributed by atoms with Gasteiger partial charge in [-0.05, 0) is 24.5 Å². The molecule has 1 heterocycles. The number of benzene rings is 1. The molecule has 5 heteroatoms. The zero-order valence-electron chi connectivity index (χ0n) is 10.2. The molecule has 19 heavy (non-hydrogen) atoms. The highest BCUT2D eigenvalue weighted by Gasteiger charge is 2.32. The highest BCUT2D eigenvalue weighted by atomic mass is 79.9. The minimum atomic E-state index is -0.889. The minimum Gasteiger partial charge on any atom is -0.478 e. The second-order valence-corrected chi connectivity index (χ2v) is 5.63. The fourth-order valence-electron chi connectivity index (χ4n) is 2.26. The Morgan fingerprint density at radius 2 is 2.16 bits per heavy atom. The highest BCUT2D eigenvalue weighted by molar-refractivity contribution is 9.10. The highest BCUT2D eigenvalue weighted by Crippen LogP contribution is 2.41. The quantitative estimate of drug-likeness (QED) is 0.940. The fourth-order valence-corrected chi connectivity index (χ4v) is 2.67. The van der Waals surface area contributed by atoms with Crippen molar-refractivity contribution in [3.05, 3.63) is 51.8 Å². The molecular weight excluding hydrogens is 308 g/mol. The van der Waals surface area contributed by atoms with Crippen molar-refractivity contribution in [1.82, 2.24) is 9.78 Å². The maximum Gasteiger partial charge on any atom is 0.339 e. The van der Waals surface area contributed by atoms with E-state index >= 15 is 0 Å². The number of carboxylic acids is 1. The Labute approximate surface area is 119 Å². The molecule has 0 unspecified atom stereocenters. The van der Waals surface area contributed by atoms with Crippen molar-refractivity contribution in [1.29, 1.82) is 0 Å². The lowest BCUT2D eigenvalue weighted by atomic mass is 10.1. The molecule has 1 aliphatic carbocycles. The van der Waals surface area contributed by atoms with E-state index in [4.69, 9.17) is 0 Å². The van der Waals surface area contributed by atoms with Crippen LogP contribution in [0.15, 0.2) is 34.9 Å². The lowest BCUT2D eigenvalue weighted by molar-refractivity contribution is 0.0695. The van der Waals surface area contributed by atoms with E-state index in [1.807, 2.05) is 28.9 Å². The molecule has 1 fully saturated rings. The van der Waals surface area contributed by atoms with Gasteiger partial charge in [0, 0.05) is 10.4 Å². The van der Waals surface area contributed by atoms with Crippen LogP contribution >= 0.6 is 15.9 Å². The molecular formula is C14H13BrN2O2. The van der Waals surface area contributed by atoms with E-state index in [0.717, 1.165) is 28.6 Å². The van der Waals surface area contributed by atoms with Gasteiger partial charge in [-0.2, -0.15) is 5.10 Å². The summed E-state index contributed by atoms with van der Waals surface area (Å²) in [6, 6.07) is 7.93. The van der Waals surface area contributed by atoms with Gasteiger partial charge in [0.2, 0.25) is 0 Å². The van der Waals surface area contributed by atoms with Crippen LogP contribution in [0.2, 0.25) is 0 Å². The largest absolute Gasteiger partial charge is 0.478 e. The summed E-state index contributed by atoms with van der Waals surface area (Å²) in [4.78, 5) is 11.2. The summed E-state index contributed by atoms with van der Waals surface area (Å²) in [7, 11) is 0. The topological polar surface area (TPSA) is 55.1 Å². The number of carbonyl (C=O) groups is 1. The van der Waals surface area contributed by atoms with Crippen molar-refractivity contribution in [2.24, 2.45) is 0 Å². The third-order valence-electron chi connectivity index (χ3n) is 3.35. The number of halogens is 1. The zero-order valence-corrected chi connectivity index (χ0v) is 11.8. The van der Waals surface area contributed by atoms with E-state index in [1.54, 1.807) is 0 Å². The molecule has 0 spiro atoms. The second kappa shape index (κ2) is 4.81. The molecule has 1 N–H and O–H groups in total. The average Bonchev–Trinajstić information content (AvgIpc) is 3.13. The van der Waals surface area contributed by atoms with E-state index < -0.39 is 5.97 Å². The van der Waals surface area contributed by atoms with Crippen molar-refractivity contribution < 1.29 is 9.90 Å². The summed E-state index contributed by atoms with van der Waals surface area (Å²) in [6.07, 6.45) is 3.58. The third-order valence-corrected chi connectivity index (χ3v) is 4.13. The van der Waals surface area contributed by atoms with Gasteiger partial charge in [-0.25, -0.2) is 4.79 Å². The molecule has 98 valence electrons. The third kappa shape index (κ3) is 2.42. The molecule has 0 atom stereocenters. The normalized spacial score (nSPS) is 14.6. The first-order valence-corrected chi connectivity index (χ1v) is 6.98.